The summed E-state index contributed by atoms with van der Waals surface area (Å²) in [6, 6.07) is 0. The number of allylic oxidation sites excluding steroid dienone is 1. The summed E-state index contributed by atoms with van der Waals surface area (Å²) in [7, 11) is 0. The van der Waals surface area contributed by atoms with Gasteiger partial charge < -0.3 is 4.90 Å². The highest BCUT2D eigenvalue weighted by Gasteiger charge is 2.01. The van der Waals surface area contributed by atoms with Crippen LogP contribution in [0, 0.1) is 0 Å². The predicted octanol–water partition coefficient (Wildman–Crippen LogP) is 3.03. The minimum absolute atomic E-state index is 1.10. The molecule has 0 atom stereocenters. The molecule has 0 aromatic carbocycles. The maximum Gasteiger partial charge on any atom is 0.0172 e. The van der Waals surface area contributed by atoms with Gasteiger partial charge in [0.15, 0.2) is 0 Å². The Morgan fingerprint density at radius 1 is 1.18 bits per heavy atom. The number of nitrogens with zero attached hydrogens (tertiary/aromatic N) is 1. The molecule has 0 saturated heterocycles. The normalized spacial score (nSPS) is 9.73. The lowest BCUT2D eigenvalue weighted by Gasteiger charge is -2.24. The second kappa shape index (κ2) is 6.26. The van der Waals surface area contributed by atoms with Crippen LogP contribution in [0.1, 0.15) is 40.0 Å². The molecule has 0 fully saturated rings. The van der Waals surface area contributed by atoms with Crippen molar-refractivity contribution < 1.29 is 0 Å². The lowest BCUT2D eigenvalue weighted by molar-refractivity contribution is 0.350. The van der Waals surface area contributed by atoms with Crippen molar-refractivity contribution in [1.82, 2.24) is 4.90 Å². The van der Waals surface area contributed by atoms with E-state index >= 15 is 0 Å². The molecule has 0 bridgehead atoms. The first-order chi connectivity index (χ1) is 5.26. The van der Waals surface area contributed by atoms with E-state index in [9.17, 15) is 0 Å². The minimum Gasteiger partial charge on any atom is -0.376 e. The van der Waals surface area contributed by atoms with Crippen molar-refractivity contribution in [2.45, 2.75) is 40.0 Å². The van der Waals surface area contributed by atoms with Gasteiger partial charge in [-0.3, -0.25) is 0 Å². The van der Waals surface area contributed by atoms with Crippen LogP contribution >= 0.6 is 0 Å². The quantitative estimate of drug-likeness (QED) is 0.570. The molecule has 0 heterocycles. The van der Waals surface area contributed by atoms with E-state index in [1.807, 2.05) is 0 Å². The summed E-state index contributed by atoms with van der Waals surface area (Å²) < 4.78 is 0. The molecule has 0 saturated carbocycles. The Morgan fingerprint density at radius 2 is 1.82 bits per heavy atom. The maximum absolute atomic E-state index is 4.06. The van der Waals surface area contributed by atoms with E-state index in [2.05, 4.69) is 32.3 Å². The van der Waals surface area contributed by atoms with Gasteiger partial charge in [0.2, 0.25) is 0 Å². The van der Waals surface area contributed by atoms with Crippen LogP contribution in [0.25, 0.3) is 0 Å². The van der Waals surface area contributed by atoms with Crippen molar-refractivity contribution in [1.29, 1.82) is 0 Å². The van der Waals surface area contributed by atoms with Gasteiger partial charge in [-0.25, -0.2) is 0 Å². The summed E-state index contributed by atoms with van der Waals surface area (Å²) >= 11 is 0. The summed E-state index contributed by atoms with van der Waals surface area (Å²) in [5, 5.41) is 0. The third-order valence-electron chi connectivity index (χ3n) is 1.86. The average molecular weight is 155 g/mol. The largest absolute Gasteiger partial charge is 0.376 e. The Morgan fingerprint density at radius 3 is 2.18 bits per heavy atom. The molecular formula is C10H21N. The molecule has 0 amide bonds. The van der Waals surface area contributed by atoms with Gasteiger partial charge >= 0.3 is 0 Å². The van der Waals surface area contributed by atoms with Gasteiger partial charge in [0.1, 0.15) is 0 Å². The molecule has 0 radical (unpaired) electrons. The number of rotatable bonds is 6. The topological polar surface area (TPSA) is 3.24 Å². The number of hydrogen-bond acceptors (Lipinski definition) is 1. The third kappa shape index (κ3) is 4.07. The van der Waals surface area contributed by atoms with Crippen molar-refractivity contribution in [3.63, 3.8) is 0 Å². The van der Waals surface area contributed by atoms with Crippen molar-refractivity contribution in [2.75, 3.05) is 13.1 Å². The van der Waals surface area contributed by atoms with E-state index in [1.54, 1.807) is 0 Å². The van der Waals surface area contributed by atoms with Crippen LogP contribution in [0.5, 0.6) is 0 Å². The SMILES string of the molecule is C=C(CCC)N(CC)CCC. The monoisotopic (exact) mass is 155 g/mol. The molecule has 0 N–H and O–H groups in total. The van der Waals surface area contributed by atoms with E-state index < -0.39 is 0 Å². The van der Waals surface area contributed by atoms with Crippen LogP contribution in [0.3, 0.4) is 0 Å². The van der Waals surface area contributed by atoms with Crippen molar-refractivity contribution in [3.8, 4) is 0 Å². The van der Waals surface area contributed by atoms with Gasteiger partial charge in [-0.2, -0.15) is 0 Å². The highest BCUT2D eigenvalue weighted by Crippen LogP contribution is 2.08. The Hall–Kier alpha value is -0.460. The van der Waals surface area contributed by atoms with Gasteiger partial charge in [-0.05, 0) is 19.8 Å². The smallest absolute Gasteiger partial charge is 0.0172 e. The fraction of sp³-hybridized carbons (Fsp3) is 0.800. The minimum atomic E-state index is 1.10. The lowest BCUT2D eigenvalue weighted by atomic mass is 10.2. The molecule has 1 heteroatoms. The summed E-state index contributed by atoms with van der Waals surface area (Å²) in [5.74, 6) is 0. The van der Waals surface area contributed by atoms with Crippen molar-refractivity contribution >= 4 is 0 Å². The number of hydrogen-bond donors (Lipinski definition) is 0. The zero-order valence-corrected chi connectivity index (χ0v) is 8.19. The van der Waals surface area contributed by atoms with Gasteiger partial charge in [0, 0.05) is 18.8 Å². The second-order valence-electron chi connectivity index (χ2n) is 2.90. The molecule has 1 nitrogen and oxygen atoms in total. The van der Waals surface area contributed by atoms with Crippen LogP contribution in [-0.4, -0.2) is 18.0 Å². The fourth-order valence-electron chi connectivity index (χ4n) is 1.26. The Kier molecular flexibility index (Phi) is 6.00. The van der Waals surface area contributed by atoms with Crippen LogP contribution in [0.15, 0.2) is 12.3 Å². The highest BCUT2D eigenvalue weighted by atomic mass is 15.1. The molecule has 0 aromatic rings. The average Bonchev–Trinajstić information content (AvgIpc) is 2.00. The highest BCUT2D eigenvalue weighted by molar-refractivity contribution is 4.92. The summed E-state index contributed by atoms with van der Waals surface area (Å²) in [6.45, 7) is 12.9. The van der Waals surface area contributed by atoms with E-state index in [0.717, 1.165) is 19.5 Å². The Labute approximate surface area is 71.1 Å². The lowest BCUT2D eigenvalue weighted by Crippen LogP contribution is -2.22. The Bertz CT molecular complexity index is 107. The molecule has 0 rings (SSSR count). The van der Waals surface area contributed by atoms with Crippen LogP contribution < -0.4 is 0 Å². The molecule has 0 spiro atoms. The van der Waals surface area contributed by atoms with Crippen LogP contribution in [0.2, 0.25) is 0 Å². The van der Waals surface area contributed by atoms with Crippen molar-refractivity contribution in [2.24, 2.45) is 0 Å². The maximum atomic E-state index is 4.06. The summed E-state index contributed by atoms with van der Waals surface area (Å²) in [4.78, 5) is 2.36. The van der Waals surface area contributed by atoms with Gasteiger partial charge in [0.25, 0.3) is 0 Å². The first-order valence-electron chi connectivity index (χ1n) is 4.68. The summed E-state index contributed by atoms with van der Waals surface area (Å²) in [6.07, 6.45) is 3.57. The zero-order chi connectivity index (χ0) is 8.69. The zero-order valence-electron chi connectivity index (χ0n) is 8.19. The van der Waals surface area contributed by atoms with Crippen LogP contribution in [-0.2, 0) is 0 Å². The molecule has 0 aliphatic rings. The molecule has 66 valence electrons. The molecule has 11 heavy (non-hydrogen) atoms. The molecule has 0 aliphatic heterocycles. The molecule has 0 aromatic heterocycles. The molecule has 0 unspecified atom stereocenters. The first kappa shape index (κ1) is 10.5. The second-order valence-corrected chi connectivity index (χ2v) is 2.90. The predicted molar refractivity (Wildman–Crippen MR) is 51.6 cm³/mol. The fourth-order valence-corrected chi connectivity index (χ4v) is 1.26. The molecule has 0 aliphatic carbocycles. The standard InChI is InChI=1S/C10H21N/c1-5-8-10(4)11(7-3)9-6-2/h4-9H2,1-3H3. The molecular weight excluding hydrogens is 134 g/mol. The van der Waals surface area contributed by atoms with E-state index in [4.69, 9.17) is 0 Å². The van der Waals surface area contributed by atoms with E-state index in [0.29, 0.717) is 0 Å². The van der Waals surface area contributed by atoms with Gasteiger partial charge in [-0.1, -0.05) is 26.8 Å². The summed E-state index contributed by atoms with van der Waals surface area (Å²) in [5.41, 5.74) is 1.30. The van der Waals surface area contributed by atoms with Crippen molar-refractivity contribution in [3.05, 3.63) is 12.3 Å². The first-order valence-corrected chi connectivity index (χ1v) is 4.68. The van der Waals surface area contributed by atoms with E-state index in [-0.39, 0.29) is 0 Å². The van der Waals surface area contributed by atoms with Crippen LogP contribution in [0.4, 0.5) is 0 Å². The van der Waals surface area contributed by atoms with Gasteiger partial charge in [-0.15, -0.1) is 0 Å². The van der Waals surface area contributed by atoms with E-state index in [1.165, 1.54) is 18.5 Å². The van der Waals surface area contributed by atoms with Gasteiger partial charge in [0.05, 0.1) is 0 Å². The Balaban J connectivity index is 3.71. The third-order valence-corrected chi connectivity index (χ3v) is 1.86.